The van der Waals surface area contributed by atoms with Gasteiger partial charge >= 0.3 is 0 Å². The van der Waals surface area contributed by atoms with E-state index in [9.17, 15) is 0 Å². The molecule has 0 unspecified atom stereocenters. The summed E-state index contributed by atoms with van der Waals surface area (Å²) in [6.07, 6.45) is 5.08. The molecule has 0 saturated heterocycles. The highest BCUT2D eigenvalue weighted by molar-refractivity contribution is 8.00. The summed E-state index contributed by atoms with van der Waals surface area (Å²) in [5.41, 5.74) is 0. The fourth-order valence-electron chi connectivity index (χ4n) is 1.39. The third kappa shape index (κ3) is 2.75. The van der Waals surface area contributed by atoms with E-state index in [0.717, 1.165) is 10.2 Å². The smallest absolute Gasteiger partial charge is 0.240 e. The summed E-state index contributed by atoms with van der Waals surface area (Å²) >= 11 is 2.68. The van der Waals surface area contributed by atoms with Gasteiger partial charge in [-0.25, -0.2) is 9.97 Å². The molecule has 3 aromatic rings. The lowest BCUT2D eigenvalue weighted by atomic mass is 10.8. The van der Waals surface area contributed by atoms with Gasteiger partial charge in [0.1, 0.15) is 12.2 Å². The molecule has 102 valence electrons. The molecular weight excluding hydrogens is 296 g/mol. The zero-order valence-electron chi connectivity index (χ0n) is 10.7. The first-order chi connectivity index (χ1) is 9.74. The second-order valence-corrected chi connectivity index (χ2v) is 5.64. The van der Waals surface area contributed by atoms with Gasteiger partial charge in [0.2, 0.25) is 17.1 Å². The van der Waals surface area contributed by atoms with Gasteiger partial charge in [0.15, 0.2) is 4.34 Å². The fourth-order valence-corrected chi connectivity index (χ4v) is 2.90. The van der Waals surface area contributed by atoms with Crippen molar-refractivity contribution in [3.05, 3.63) is 24.5 Å². The molecule has 3 aromatic heterocycles. The first kappa shape index (κ1) is 12.9. The maximum atomic E-state index is 4.39. The van der Waals surface area contributed by atoms with Gasteiger partial charge in [-0.2, -0.15) is 19.3 Å². The number of rotatable bonds is 4. The Kier molecular flexibility index (Phi) is 3.56. The monoisotopic (exact) mass is 306 g/mol. The minimum absolute atomic E-state index is 0.493. The molecule has 8 nitrogen and oxygen atoms in total. The van der Waals surface area contributed by atoms with E-state index in [1.165, 1.54) is 23.3 Å². The summed E-state index contributed by atoms with van der Waals surface area (Å²) in [6.45, 7) is 1.85. The van der Waals surface area contributed by atoms with Crippen molar-refractivity contribution in [1.29, 1.82) is 0 Å². The number of nitrogens with zero attached hydrogens (tertiary/aromatic N) is 7. The Morgan fingerprint density at radius 2 is 2.15 bits per heavy atom. The van der Waals surface area contributed by atoms with Crippen LogP contribution in [0.3, 0.4) is 0 Å². The van der Waals surface area contributed by atoms with Gasteiger partial charge in [-0.3, -0.25) is 4.57 Å². The zero-order valence-corrected chi connectivity index (χ0v) is 12.3. The van der Waals surface area contributed by atoms with Crippen molar-refractivity contribution in [2.75, 3.05) is 12.4 Å². The average Bonchev–Trinajstić information content (AvgIpc) is 3.10. The van der Waals surface area contributed by atoms with Gasteiger partial charge in [-0.15, -0.1) is 0 Å². The SMILES string of the molecule is CNc1nc(Sc2nc(C)ns2)nc(-n2ccnc2)n1. The normalized spacial score (nSPS) is 10.7. The Labute approximate surface area is 122 Å². The van der Waals surface area contributed by atoms with Crippen molar-refractivity contribution in [2.45, 2.75) is 16.4 Å². The van der Waals surface area contributed by atoms with E-state index in [0.29, 0.717) is 17.1 Å². The van der Waals surface area contributed by atoms with Crippen molar-refractivity contribution in [1.82, 2.24) is 33.9 Å². The lowest BCUT2D eigenvalue weighted by Gasteiger charge is -2.05. The van der Waals surface area contributed by atoms with E-state index in [4.69, 9.17) is 0 Å². The van der Waals surface area contributed by atoms with Gasteiger partial charge in [0.05, 0.1) is 0 Å². The summed E-state index contributed by atoms with van der Waals surface area (Å²) in [7, 11) is 1.76. The van der Waals surface area contributed by atoms with Crippen LogP contribution in [0, 0.1) is 6.92 Å². The zero-order chi connectivity index (χ0) is 13.9. The largest absolute Gasteiger partial charge is 0.357 e. The number of aryl methyl sites for hydroxylation is 1. The number of nitrogens with one attached hydrogen (secondary N) is 1. The molecule has 0 aliphatic rings. The van der Waals surface area contributed by atoms with Gasteiger partial charge in [0.25, 0.3) is 0 Å². The van der Waals surface area contributed by atoms with Gasteiger partial charge < -0.3 is 5.32 Å². The first-order valence-electron chi connectivity index (χ1n) is 5.65. The van der Waals surface area contributed by atoms with Crippen LogP contribution in [0.5, 0.6) is 0 Å². The van der Waals surface area contributed by atoms with Crippen molar-refractivity contribution in [3.8, 4) is 5.95 Å². The van der Waals surface area contributed by atoms with Crippen LogP contribution in [0.15, 0.2) is 28.2 Å². The summed E-state index contributed by atoms with van der Waals surface area (Å²) in [4.78, 5) is 21.2. The molecule has 3 rings (SSSR count). The van der Waals surface area contributed by atoms with Crippen molar-refractivity contribution in [2.24, 2.45) is 0 Å². The van der Waals surface area contributed by atoms with E-state index < -0.39 is 0 Å². The molecule has 20 heavy (non-hydrogen) atoms. The summed E-state index contributed by atoms with van der Waals surface area (Å²) in [5.74, 6) is 1.74. The second-order valence-electron chi connectivity index (χ2n) is 3.67. The molecule has 10 heteroatoms. The van der Waals surface area contributed by atoms with E-state index in [-0.39, 0.29) is 0 Å². The van der Waals surface area contributed by atoms with E-state index in [1.54, 1.807) is 30.3 Å². The van der Waals surface area contributed by atoms with Crippen LogP contribution in [0.2, 0.25) is 0 Å². The molecule has 0 amide bonds. The van der Waals surface area contributed by atoms with Crippen LogP contribution in [-0.2, 0) is 0 Å². The molecule has 0 aromatic carbocycles. The Morgan fingerprint density at radius 1 is 1.25 bits per heavy atom. The Balaban J connectivity index is 1.96. The first-order valence-corrected chi connectivity index (χ1v) is 7.24. The van der Waals surface area contributed by atoms with E-state index in [2.05, 4.69) is 34.6 Å². The standard InChI is InChI=1S/C10H10N8S2/c1-6-13-10(20-17-6)19-9-15-7(11-2)14-8(16-9)18-4-3-12-5-18/h3-5H,1-2H3,(H,11,14,15,16). The van der Waals surface area contributed by atoms with E-state index >= 15 is 0 Å². The minimum Gasteiger partial charge on any atom is -0.357 e. The quantitative estimate of drug-likeness (QED) is 0.773. The highest BCUT2D eigenvalue weighted by Crippen LogP contribution is 2.26. The van der Waals surface area contributed by atoms with E-state index in [1.807, 2.05) is 6.92 Å². The summed E-state index contributed by atoms with van der Waals surface area (Å²) in [6, 6.07) is 0. The predicted molar refractivity (Wildman–Crippen MR) is 75.3 cm³/mol. The number of imidazole rings is 1. The summed E-state index contributed by atoms with van der Waals surface area (Å²) in [5, 5.41) is 3.48. The third-order valence-electron chi connectivity index (χ3n) is 2.25. The second kappa shape index (κ2) is 5.51. The Morgan fingerprint density at radius 3 is 2.80 bits per heavy atom. The van der Waals surface area contributed by atoms with Crippen LogP contribution in [0.4, 0.5) is 5.95 Å². The molecule has 0 spiro atoms. The Hall–Kier alpha value is -2.07. The highest BCUT2D eigenvalue weighted by Gasteiger charge is 2.11. The molecule has 0 fully saturated rings. The average molecular weight is 306 g/mol. The lowest BCUT2D eigenvalue weighted by molar-refractivity contribution is 0.827. The molecule has 0 saturated carbocycles. The fraction of sp³-hybridized carbons (Fsp3) is 0.200. The molecule has 0 atom stereocenters. The van der Waals surface area contributed by atoms with Crippen LogP contribution >= 0.6 is 23.3 Å². The topological polar surface area (TPSA) is 94.3 Å². The molecular formula is C10H10N8S2. The number of hydrogen-bond donors (Lipinski definition) is 1. The van der Waals surface area contributed by atoms with Crippen LogP contribution in [0.25, 0.3) is 5.95 Å². The minimum atomic E-state index is 0.493. The molecule has 0 aliphatic heterocycles. The van der Waals surface area contributed by atoms with Crippen LogP contribution in [-0.4, -0.2) is 40.9 Å². The van der Waals surface area contributed by atoms with Crippen molar-refractivity contribution >= 4 is 29.2 Å². The third-order valence-corrected chi connectivity index (χ3v) is 3.96. The molecule has 0 bridgehead atoms. The highest BCUT2D eigenvalue weighted by atomic mass is 32.2. The lowest BCUT2D eigenvalue weighted by Crippen LogP contribution is -2.06. The maximum Gasteiger partial charge on any atom is 0.240 e. The molecule has 0 aliphatic carbocycles. The molecule has 1 N–H and O–H groups in total. The summed E-state index contributed by atoms with van der Waals surface area (Å²) < 4.78 is 6.65. The van der Waals surface area contributed by atoms with Crippen molar-refractivity contribution in [3.63, 3.8) is 0 Å². The molecule has 0 radical (unpaired) electrons. The maximum absolute atomic E-state index is 4.39. The van der Waals surface area contributed by atoms with Crippen molar-refractivity contribution < 1.29 is 0 Å². The van der Waals surface area contributed by atoms with Gasteiger partial charge in [-0.1, -0.05) is 0 Å². The Bertz CT molecular complexity index is 708. The van der Waals surface area contributed by atoms with Crippen LogP contribution < -0.4 is 5.32 Å². The van der Waals surface area contributed by atoms with Crippen LogP contribution in [0.1, 0.15) is 5.82 Å². The van der Waals surface area contributed by atoms with Gasteiger partial charge in [-0.05, 0) is 30.2 Å². The predicted octanol–water partition coefficient (Wildman–Crippen LogP) is 1.41. The number of hydrogen-bond acceptors (Lipinski definition) is 9. The number of aromatic nitrogens is 7. The molecule has 3 heterocycles. The number of anilines is 1. The van der Waals surface area contributed by atoms with Gasteiger partial charge in [0, 0.05) is 19.4 Å².